The van der Waals surface area contributed by atoms with Crippen molar-refractivity contribution in [2.24, 2.45) is 5.41 Å². The zero-order valence-electron chi connectivity index (χ0n) is 16.9. The molecule has 1 atom stereocenters. The minimum absolute atomic E-state index is 0.0738. The van der Waals surface area contributed by atoms with Crippen molar-refractivity contribution in [3.05, 3.63) is 28.8 Å². The highest BCUT2D eigenvalue weighted by Gasteiger charge is 2.46. The molecule has 0 radical (unpaired) electrons. The minimum atomic E-state index is -0.680. The number of aromatic hydroxyl groups is 1. The molecule has 3 nitrogen and oxygen atoms in total. The maximum Gasteiger partial charge on any atom is 0.310 e. The third-order valence-electron chi connectivity index (χ3n) is 6.00. The van der Waals surface area contributed by atoms with E-state index in [1.165, 1.54) is 0 Å². The Balaban J connectivity index is 2.67. The van der Waals surface area contributed by atoms with Gasteiger partial charge in [0.25, 0.3) is 0 Å². The fraction of sp³-hybridized carbons (Fsp3) is 0.682. The molecule has 0 heterocycles. The molecule has 2 rings (SSSR count). The lowest BCUT2D eigenvalue weighted by Crippen LogP contribution is -2.34. The molecule has 1 aromatic carbocycles. The van der Waals surface area contributed by atoms with Gasteiger partial charge >= 0.3 is 5.97 Å². The first-order chi connectivity index (χ1) is 11.3. The highest BCUT2D eigenvalue weighted by molar-refractivity contribution is 5.76. The molecule has 1 aromatic rings. The normalized spacial score (nSPS) is 19.0. The molecule has 0 aliphatic heterocycles. The van der Waals surface area contributed by atoms with Crippen molar-refractivity contribution in [1.82, 2.24) is 0 Å². The monoisotopic (exact) mass is 346 g/mol. The number of carboxylic acids is 1. The summed E-state index contributed by atoms with van der Waals surface area (Å²) >= 11 is 0. The van der Waals surface area contributed by atoms with Crippen molar-refractivity contribution in [3.63, 3.8) is 0 Å². The van der Waals surface area contributed by atoms with Gasteiger partial charge in [-0.05, 0) is 46.3 Å². The van der Waals surface area contributed by atoms with E-state index in [1.54, 1.807) is 0 Å². The Morgan fingerprint density at radius 3 is 1.72 bits per heavy atom. The van der Waals surface area contributed by atoms with Crippen LogP contribution in [0, 0.1) is 5.41 Å². The number of hydrogen-bond acceptors (Lipinski definition) is 2. The van der Waals surface area contributed by atoms with Crippen molar-refractivity contribution in [3.8, 4) is 5.75 Å². The molecule has 2 N–H and O–H groups in total. The summed E-state index contributed by atoms with van der Waals surface area (Å²) in [5.41, 5.74) is 1.76. The van der Waals surface area contributed by atoms with Gasteiger partial charge < -0.3 is 10.2 Å². The van der Waals surface area contributed by atoms with Crippen LogP contribution in [0.4, 0.5) is 0 Å². The molecule has 25 heavy (non-hydrogen) atoms. The molecule has 0 saturated heterocycles. The molecular formula is C22H34O3. The lowest BCUT2D eigenvalue weighted by atomic mass is 9.69. The zero-order valence-corrected chi connectivity index (χ0v) is 16.9. The number of carboxylic acid groups (broad SMARTS) is 1. The Kier molecular flexibility index (Phi) is 5.02. The van der Waals surface area contributed by atoms with E-state index < -0.39 is 11.4 Å². The van der Waals surface area contributed by atoms with Crippen LogP contribution in [0.1, 0.15) is 96.8 Å². The van der Waals surface area contributed by atoms with E-state index in [-0.39, 0.29) is 16.7 Å². The SMILES string of the molecule is CC(c1cc(C(C)(C)C)c(O)c(C(C)(C)C)c1)C1(C(=O)O)CCCC1. The van der Waals surface area contributed by atoms with Gasteiger partial charge in [0.05, 0.1) is 5.41 Å². The van der Waals surface area contributed by atoms with Crippen LogP contribution >= 0.6 is 0 Å². The van der Waals surface area contributed by atoms with Crippen LogP contribution in [0.25, 0.3) is 0 Å². The maximum atomic E-state index is 12.1. The summed E-state index contributed by atoms with van der Waals surface area (Å²) < 4.78 is 0. The number of carbonyl (C=O) groups is 1. The van der Waals surface area contributed by atoms with Crippen molar-refractivity contribution < 1.29 is 15.0 Å². The van der Waals surface area contributed by atoms with Crippen molar-refractivity contribution in [2.75, 3.05) is 0 Å². The molecule has 1 aliphatic rings. The summed E-state index contributed by atoms with van der Waals surface area (Å²) in [6.07, 6.45) is 3.43. The van der Waals surface area contributed by atoms with Crippen molar-refractivity contribution in [2.45, 2.75) is 90.9 Å². The molecule has 140 valence electrons. The number of hydrogen-bond donors (Lipinski definition) is 2. The Morgan fingerprint density at radius 2 is 1.40 bits per heavy atom. The smallest absolute Gasteiger partial charge is 0.310 e. The fourth-order valence-electron chi connectivity index (χ4n) is 4.21. The highest BCUT2D eigenvalue weighted by atomic mass is 16.4. The summed E-state index contributed by atoms with van der Waals surface area (Å²) in [6.45, 7) is 14.6. The van der Waals surface area contributed by atoms with Gasteiger partial charge in [-0.25, -0.2) is 0 Å². The van der Waals surface area contributed by atoms with E-state index in [2.05, 4.69) is 41.5 Å². The first kappa shape index (κ1) is 19.8. The van der Waals surface area contributed by atoms with Gasteiger partial charge in [0.2, 0.25) is 0 Å². The van der Waals surface area contributed by atoms with E-state index in [0.717, 1.165) is 42.4 Å². The third kappa shape index (κ3) is 3.56. The summed E-state index contributed by atoms with van der Waals surface area (Å²) in [5, 5.41) is 20.8. The Bertz CT molecular complexity index is 618. The number of benzene rings is 1. The number of rotatable bonds is 3. The van der Waals surface area contributed by atoms with Crippen molar-refractivity contribution in [1.29, 1.82) is 0 Å². The Hall–Kier alpha value is -1.51. The van der Waals surface area contributed by atoms with Crippen LogP contribution in [-0.4, -0.2) is 16.2 Å². The standard InChI is InChI=1S/C22H34O3/c1-14(22(19(24)25)10-8-9-11-22)15-12-16(20(2,3)4)18(23)17(13-15)21(5,6)7/h12-14,23H,8-11H2,1-7H3,(H,24,25). The average molecular weight is 347 g/mol. The van der Waals surface area contributed by atoms with Crippen LogP contribution in [0.3, 0.4) is 0 Å². The van der Waals surface area contributed by atoms with Gasteiger partial charge in [-0.2, -0.15) is 0 Å². The molecule has 0 aromatic heterocycles. The lowest BCUT2D eigenvalue weighted by molar-refractivity contribution is -0.149. The molecule has 1 fully saturated rings. The average Bonchev–Trinajstić information content (AvgIpc) is 2.95. The number of phenols is 1. The molecule has 0 spiro atoms. The van der Waals surface area contributed by atoms with E-state index in [9.17, 15) is 15.0 Å². The Labute approximate surface area is 152 Å². The molecule has 1 aliphatic carbocycles. The van der Waals surface area contributed by atoms with Crippen LogP contribution in [0.15, 0.2) is 12.1 Å². The first-order valence-corrected chi connectivity index (χ1v) is 9.42. The minimum Gasteiger partial charge on any atom is -0.507 e. The second-order valence-electron chi connectivity index (χ2n) is 9.85. The van der Waals surface area contributed by atoms with Gasteiger partial charge in [0.15, 0.2) is 0 Å². The lowest BCUT2D eigenvalue weighted by Gasteiger charge is -2.34. The summed E-state index contributed by atoms with van der Waals surface area (Å²) in [5.74, 6) is -0.401. The van der Waals surface area contributed by atoms with Gasteiger partial charge in [-0.15, -0.1) is 0 Å². The third-order valence-corrected chi connectivity index (χ3v) is 6.00. The topological polar surface area (TPSA) is 57.5 Å². The molecule has 1 unspecified atom stereocenters. The van der Waals surface area contributed by atoms with E-state index in [1.807, 2.05) is 19.1 Å². The largest absolute Gasteiger partial charge is 0.507 e. The molecule has 0 bridgehead atoms. The molecule has 1 saturated carbocycles. The molecular weight excluding hydrogens is 312 g/mol. The maximum absolute atomic E-state index is 12.1. The predicted molar refractivity (Wildman–Crippen MR) is 102 cm³/mol. The van der Waals surface area contributed by atoms with Gasteiger partial charge in [0.1, 0.15) is 5.75 Å². The molecule has 3 heteroatoms. The predicted octanol–water partition coefficient (Wildman–Crippen LogP) is 5.74. The van der Waals surface area contributed by atoms with Crippen molar-refractivity contribution >= 4 is 5.97 Å². The van der Waals surface area contributed by atoms with E-state index in [4.69, 9.17) is 0 Å². The van der Waals surface area contributed by atoms with Crippen LogP contribution in [0.2, 0.25) is 0 Å². The summed E-state index contributed by atoms with van der Waals surface area (Å²) in [4.78, 5) is 12.1. The van der Waals surface area contributed by atoms with Crippen LogP contribution in [0.5, 0.6) is 5.75 Å². The van der Waals surface area contributed by atoms with Crippen LogP contribution < -0.4 is 0 Å². The summed E-state index contributed by atoms with van der Waals surface area (Å²) in [7, 11) is 0. The van der Waals surface area contributed by atoms with E-state index in [0.29, 0.717) is 5.75 Å². The zero-order chi connectivity index (χ0) is 19.2. The quantitative estimate of drug-likeness (QED) is 0.734. The first-order valence-electron chi connectivity index (χ1n) is 9.42. The van der Waals surface area contributed by atoms with Gasteiger partial charge in [0, 0.05) is 0 Å². The van der Waals surface area contributed by atoms with Gasteiger partial charge in [-0.3, -0.25) is 4.79 Å². The number of aliphatic carboxylic acids is 1. The highest BCUT2D eigenvalue weighted by Crippen LogP contribution is 2.51. The summed E-state index contributed by atoms with van der Waals surface area (Å²) in [6, 6.07) is 4.08. The van der Waals surface area contributed by atoms with Gasteiger partial charge in [-0.1, -0.05) is 73.4 Å². The van der Waals surface area contributed by atoms with Crippen LogP contribution in [-0.2, 0) is 15.6 Å². The second kappa shape index (κ2) is 6.34. The van der Waals surface area contributed by atoms with E-state index >= 15 is 0 Å². The Morgan fingerprint density at radius 1 is 1.00 bits per heavy atom. The fourth-order valence-corrected chi connectivity index (χ4v) is 4.21. The second-order valence-corrected chi connectivity index (χ2v) is 9.85. The number of phenolic OH excluding ortho intramolecular Hbond substituents is 1. The molecule has 0 amide bonds.